The van der Waals surface area contributed by atoms with Gasteiger partial charge in [-0.25, -0.2) is 4.79 Å². The molecule has 6 nitrogen and oxygen atoms in total. The second-order valence-electron chi connectivity index (χ2n) is 5.80. The van der Waals surface area contributed by atoms with Gasteiger partial charge in [0.2, 0.25) is 0 Å². The molecule has 2 aromatic rings. The van der Waals surface area contributed by atoms with Gasteiger partial charge in [0.15, 0.2) is 11.5 Å². The average molecular weight is 338 g/mol. The van der Waals surface area contributed by atoms with E-state index < -0.39 is 17.9 Å². The molecule has 1 amide bonds. The molecular formula is C19H18N2O4. The van der Waals surface area contributed by atoms with Gasteiger partial charge in [-0.05, 0) is 54.8 Å². The molecule has 0 radical (unpaired) electrons. The molecular weight excluding hydrogens is 320 g/mol. The summed E-state index contributed by atoms with van der Waals surface area (Å²) in [4.78, 5) is 29.9. The molecule has 25 heavy (non-hydrogen) atoms. The van der Waals surface area contributed by atoms with Crippen LogP contribution in [0.5, 0.6) is 5.75 Å². The molecule has 0 aliphatic carbocycles. The molecule has 6 heteroatoms. The summed E-state index contributed by atoms with van der Waals surface area (Å²) < 4.78 is 5.76. The van der Waals surface area contributed by atoms with Crippen molar-refractivity contribution in [3.63, 3.8) is 0 Å². The molecule has 1 aliphatic heterocycles. The van der Waals surface area contributed by atoms with Crippen LogP contribution in [0.1, 0.15) is 24.5 Å². The fourth-order valence-corrected chi connectivity index (χ4v) is 2.77. The Balaban J connectivity index is 2.12. The minimum atomic E-state index is -1.05. The van der Waals surface area contributed by atoms with E-state index in [0.717, 1.165) is 11.1 Å². The summed E-state index contributed by atoms with van der Waals surface area (Å²) >= 11 is 0. The highest BCUT2D eigenvalue weighted by Gasteiger charge is 2.37. The maximum absolute atomic E-state index is 13.0. The molecule has 0 bridgehead atoms. The van der Waals surface area contributed by atoms with Crippen LogP contribution in [0.15, 0.2) is 48.5 Å². The number of benzene rings is 1. The van der Waals surface area contributed by atoms with Gasteiger partial charge < -0.3 is 9.84 Å². The Hall–Kier alpha value is -3.15. The molecule has 0 saturated carbocycles. The first kappa shape index (κ1) is 16.7. The van der Waals surface area contributed by atoms with E-state index in [4.69, 9.17) is 4.74 Å². The predicted molar refractivity (Wildman–Crippen MR) is 93.2 cm³/mol. The molecule has 1 aromatic carbocycles. The number of carboxylic acids is 1. The van der Waals surface area contributed by atoms with E-state index in [1.54, 1.807) is 49.7 Å². The first-order chi connectivity index (χ1) is 12.0. The van der Waals surface area contributed by atoms with Gasteiger partial charge in [-0.3, -0.25) is 14.7 Å². The van der Waals surface area contributed by atoms with Crippen LogP contribution in [0.2, 0.25) is 0 Å². The summed E-state index contributed by atoms with van der Waals surface area (Å²) in [6.07, 6.45) is 5.10. The summed E-state index contributed by atoms with van der Waals surface area (Å²) in [5.41, 5.74) is 2.14. The lowest BCUT2D eigenvalue weighted by Gasteiger charge is -2.34. The number of rotatable bonds is 4. The summed E-state index contributed by atoms with van der Waals surface area (Å²) in [6.45, 7) is 3.62. The van der Waals surface area contributed by atoms with E-state index >= 15 is 0 Å². The zero-order valence-corrected chi connectivity index (χ0v) is 14.0. The van der Waals surface area contributed by atoms with Gasteiger partial charge in [-0.1, -0.05) is 13.0 Å². The number of aromatic nitrogens is 1. The van der Waals surface area contributed by atoms with Crippen molar-refractivity contribution in [2.24, 2.45) is 0 Å². The Labute approximate surface area is 145 Å². The van der Waals surface area contributed by atoms with Crippen molar-refractivity contribution in [3.05, 3.63) is 59.6 Å². The van der Waals surface area contributed by atoms with Gasteiger partial charge in [0, 0.05) is 12.4 Å². The van der Waals surface area contributed by atoms with Crippen molar-refractivity contribution < 1.29 is 19.4 Å². The maximum atomic E-state index is 13.0. The number of carbonyl (C=O) groups excluding carboxylic acids is 1. The first-order valence-electron chi connectivity index (χ1n) is 7.98. The van der Waals surface area contributed by atoms with Crippen LogP contribution in [0.3, 0.4) is 0 Å². The highest BCUT2D eigenvalue weighted by molar-refractivity contribution is 6.12. The van der Waals surface area contributed by atoms with Crippen LogP contribution in [0.4, 0.5) is 5.69 Å². The molecule has 1 N–H and O–H groups in total. The van der Waals surface area contributed by atoms with Crippen LogP contribution < -0.4 is 9.64 Å². The highest BCUT2D eigenvalue weighted by atomic mass is 16.5. The largest absolute Gasteiger partial charge is 0.480 e. The quantitative estimate of drug-likeness (QED) is 0.867. The number of carbonyl (C=O) groups is 2. The lowest BCUT2D eigenvalue weighted by molar-refractivity contribution is -0.140. The molecule has 0 spiro atoms. The summed E-state index contributed by atoms with van der Waals surface area (Å²) in [5, 5.41) is 9.55. The number of carboxylic acid groups (broad SMARTS) is 1. The van der Waals surface area contributed by atoms with Gasteiger partial charge in [0.25, 0.3) is 5.91 Å². The van der Waals surface area contributed by atoms with E-state index in [1.165, 1.54) is 4.90 Å². The number of aryl methyl sites for hydroxylation is 1. The third kappa shape index (κ3) is 3.24. The zero-order chi connectivity index (χ0) is 18.0. The number of aliphatic carboxylic acids is 1. The van der Waals surface area contributed by atoms with Gasteiger partial charge in [-0.15, -0.1) is 0 Å². The normalized spacial score (nSPS) is 16.3. The fraction of sp³-hybridized carbons (Fsp3) is 0.211. The third-order valence-electron chi connectivity index (χ3n) is 4.01. The SMILES string of the molecule is CCC(C(=O)O)N1C(=O)/C(=C\c2ccncc2)Oc2ccc(C)cc21. The smallest absolute Gasteiger partial charge is 0.326 e. The van der Waals surface area contributed by atoms with Gasteiger partial charge >= 0.3 is 5.97 Å². The van der Waals surface area contributed by atoms with Crippen LogP contribution >= 0.6 is 0 Å². The van der Waals surface area contributed by atoms with E-state index in [-0.39, 0.29) is 12.2 Å². The van der Waals surface area contributed by atoms with E-state index in [1.807, 2.05) is 13.0 Å². The molecule has 1 atom stereocenters. The number of amides is 1. The zero-order valence-electron chi connectivity index (χ0n) is 14.0. The number of anilines is 1. The number of fused-ring (bicyclic) bond motifs is 1. The Morgan fingerprint density at radius 2 is 2.04 bits per heavy atom. The standard InChI is InChI=1S/C19H18N2O4/c1-3-14(19(23)24)21-15-10-12(2)4-5-16(15)25-17(18(21)22)11-13-6-8-20-9-7-13/h4-11,14H,3H2,1-2H3,(H,23,24)/b17-11+. The van der Waals surface area contributed by atoms with Crippen LogP contribution in [0, 0.1) is 6.92 Å². The molecule has 1 unspecified atom stereocenters. The van der Waals surface area contributed by atoms with Crippen molar-refractivity contribution >= 4 is 23.6 Å². The summed E-state index contributed by atoms with van der Waals surface area (Å²) in [6, 6.07) is 7.90. The van der Waals surface area contributed by atoms with Crippen molar-refractivity contribution in [2.75, 3.05) is 4.90 Å². The number of nitrogens with zero attached hydrogens (tertiary/aromatic N) is 2. The summed E-state index contributed by atoms with van der Waals surface area (Å²) in [5.74, 6) is -0.968. The number of ether oxygens (including phenoxy) is 1. The van der Waals surface area contributed by atoms with Crippen molar-refractivity contribution in [3.8, 4) is 5.75 Å². The van der Waals surface area contributed by atoms with Crippen LogP contribution in [-0.4, -0.2) is 28.0 Å². The van der Waals surface area contributed by atoms with E-state index in [2.05, 4.69) is 4.98 Å². The molecule has 0 saturated heterocycles. The van der Waals surface area contributed by atoms with Gasteiger partial charge in [0.1, 0.15) is 6.04 Å². The molecule has 128 valence electrons. The monoisotopic (exact) mass is 338 g/mol. The molecule has 3 rings (SSSR count). The van der Waals surface area contributed by atoms with Gasteiger partial charge in [0.05, 0.1) is 5.69 Å². The minimum Gasteiger partial charge on any atom is -0.480 e. The molecule has 2 heterocycles. The number of pyridine rings is 1. The fourth-order valence-electron chi connectivity index (χ4n) is 2.77. The Morgan fingerprint density at radius 1 is 1.32 bits per heavy atom. The Bertz CT molecular complexity index is 846. The predicted octanol–water partition coefficient (Wildman–Crippen LogP) is 3.02. The lowest BCUT2D eigenvalue weighted by Crippen LogP contribution is -2.48. The van der Waals surface area contributed by atoms with Gasteiger partial charge in [-0.2, -0.15) is 0 Å². The highest BCUT2D eigenvalue weighted by Crippen LogP contribution is 2.38. The molecule has 0 fully saturated rings. The molecule has 1 aromatic heterocycles. The lowest BCUT2D eigenvalue weighted by atomic mass is 10.1. The van der Waals surface area contributed by atoms with E-state index in [9.17, 15) is 14.7 Å². The number of hydrogen-bond acceptors (Lipinski definition) is 4. The van der Waals surface area contributed by atoms with E-state index in [0.29, 0.717) is 11.4 Å². The second kappa shape index (κ2) is 6.76. The van der Waals surface area contributed by atoms with Crippen LogP contribution in [-0.2, 0) is 9.59 Å². The van der Waals surface area contributed by atoms with Crippen molar-refractivity contribution in [2.45, 2.75) is 26.3 Å². The van der Waals surface area contributed by atoms with Crippen molar-refractivity contribution in [1.29, 1.82) is 0 Å². The topological polar surface area (TPSA) is 79.7 Å². The second-order valence-corrected chi connectivity index (χ2v) is 5.80. The Morgan fingerprint density at radius 3 is 2.68 bits per heavy atom. The summed E-state index contributed by atoms with van der Waals surface area (Å²) in [7, 11) is 0. The molecule has 1 aliphatic rings. The third-order valence-corrected chi connectivity index (χ3v) is 4.01. The maximum Gasteiger partial charge on any atom is 0.326 e. The first-order valence-corrected chi connectivity index (χ1v) is 7.98. The average Bonchev–Trinajstić information content (AvgIpc) is 2.59. The number of hydrogen-bond donors (Lipinski definition) is 1. The van der Waals surface area contributed by atoms with Crippen LogP contribution in [0.25, 0.3) is 6.08 Å². The van der Waals surface area contributed by atoms with Crippen molar-refractivity contribution in [1.82, 2.24) is 4.98 Å². The Kier molecular flexibility index (Phi) is 4.52. The minimum absolute atomic E-state index is 0.0854.